The minimum absolute atomic E-state index is 0.0381. The average Bonchev–Trinajstić information content (AvgIpc) is 3.46. The van der Waals surface area contributed by atoms with E-state index in [4.69, 9.17) is 14.2 Å². The predicted octanol–water partition coefficient (Wildman–Crippen LogP) is 3.38. The number of nitrogens with zero attached hydrogens (tertiary/aromatic N) is 3. The maximum Gasteiger partial charge on any atom is 0.225 e. The molecule has 0 bridgehead atoms. The SMILES string of the molecule is COc1ccc(OCC#Cc2cn([C@H](C)C[C@@H]3CC[C@H]([C@@H](C)C(=O)NC(C)C)O3)nn2)cc1. The molecule has 0 aliphatic carbocycles. The fourth-order valence-electron chi connectivity index (χ4n) is 3.82. The molecule has 1 amide bonds. The van der Waals surface area contributed by atoms with Crippen molar-refractivity contribution < 1.29 is 19.0 Å². The molecular weight excluding hydrogens is 420 g/mol. The summed E-state index contributed by atoms with van der Waals surface area (Å²) < 4.78 is 18.7. The first-order valence-electron chi connectivity index (χ1n) is 11.5. The molecule has 2 heterocycles. The second-order valence-electron chi connectivity index (χ2n) is 8.76. The van der Waals surface area contributed by atoms with Crippen molar-refractivity contribution in [2.45, 2.75) is 71.2 Å². The first-order valence-corrected chi connectivity index (χ1v) is 11.5. The van der Waals surface area contributed by atoms with Crippen molar-refractivity contribution in [3.8, 4) is 23.3 Å². The van der Waals surface area contributed by atoms with Gasteiger partial charge in [-0.25, -0.2) is 4.68 Å². The molecule has 1 aliphatic heterocycles. The van der Waals surface area contributed by atoms with Crippen molar-refractivity contribution in [3.05, 3.63) is 36.2 Å². The van der Waals surface area contributed by atoms with E-state index in [-0.39, 0.29) is 42.7 Å². The lowest BCUT2D eigenvalue weighted by Crippen LogP contribution is -2.39. The van der Waals surface area contributed by atoms with Gasteiger partial charge in [0.2, 0.25) is 5.91 Å². The van der Waals surface area contributed by atoms with Gasteiger partial charge in [-0.2, -0.15) is 0 Å². The van der Waals surface area contributed by atoms with Gasteiger partial charge in [0, 0.05) is 6.04 Å². The molecule has 8 nitrogen and oxygen atoms in total. The summed E-state index contributed by atoms with van der Waals surface area (Å²) in [6.07, 6.45) is 4.56. The highest BCUT2D eigenvalue weighted by atomic mass is 16.5. The van der Waals surface area contributed by atoms with Crippen molar-refractivity contribution in [2.75, 3.05) is 13.7 Å². The third-order valence-corrected chi connectivity index (χ3v) is 5.70. The molecule has 0 unspecified atom stereocenters. The molecular formula is C25H34N4O4. The van der Waals surface area contributed by atoms with Crippen molar-refractivity contribution in [1.82, 2.24) is 20.3 Å². The van der Waals surface area contributed by atoms with Crippen LogP contribution in [-0.2, 0) is 9.53 Å². The number of methoxy groups -OCH3 is 1. The van der Waals surface area contributed by atoms with Gasteiger partial charge in [-0.15, -0.1) is 5.10 Å². The Kier molecular flexibility index (Phi) is 8.72. The summed E-state index contributed by atoms with van der Waals surface area (Å²) in [6.45, 7) is 8.22. The maximum atomic E-state index is 12.3. The highest BCUT2D eigenvalue weighted by molar-refractivity contribution is 5.79. The van der Waals surface area contributed by atoms with Crippen LogP contribution in [-0.4, -0.2) is 52.9 Å². The molecule has 1 aliphatic rings. The first kappa shape index (κ1) is 24.6. The molecule has 2 aromatic rings. The Hall–Kier alpha value is -3.05. The summed E-state index contributed by atoms with van der Waals surface area (Å²) in [5.74, 6) is 7.37. The Morgan fingerprint density at radius 1 is 1.21 bits per heavy atom. The molecule has 4 atom stereocenters. The Balaban J connectivity index is 1.45. The number of nitrogens with one attached hydrogen (secondary N) is 1. The van der Waals surface area contributed by atoms with E-state index >= 15 is 0 Å². The molecule has 1 aromatic heterocycles. The Morgan fingerprint density at radius 3 is 2.64 bits per heavy atom. The standard InChI is InChI=1S/C25H34N4O4/c1-17(2)26-25(30)19(4)24-13-12-23(33-24)15-18(3)29-16-20(27-28-29)7-6-14-32-22-10-8-21(31-5)9-11-22/h8-11,16-19,23-24H,12-15H2,1-5H3,(H,26,30)/t18-,19-,23+,24-/m1/s1. The third-order valence-electron chi connectivity index (χ3n) is 5.70. The summed E-state index contributed by atoms with van der Waals surface area (Å²) in [5.41, 5.74) is 0.601. The average molecular weight is 455 g/mol. The van der Waals surface area contributed by atoms with Gasteiger partial charge in [-0.1, -0.05) is 18.1 Å². The van der Waals surface area contributed by atoms with E-state index in [0.29, 0.717) is 5.69 Å². The number of aromatic nitrogens is 3. The van der Waals surface area contributed by atoms with Gasteiger partial charge in [0.1, 0.15) is 18.1 Å². The number of amides is 1. The first-order chi connectivity index (χ1) is 15.9. The second kappa shape index (κ2) is 11.7. The van der Waals surface area contributed by atoms with Gasteiger partial charge in [0.05, 0.1) is 37.5 Å². The molecule has 33 heavy (non-hydrogen) atoms. The van der Waals surface area contributed by atoms with Crippen LogP contribution in [0.15, 0.2) is 30.5 Å². The van der Waals surface area contributed by atoms with Gasteiger partial charge in [-0.05, 0) is 70.2 Å². The number of carbonyl (C=O) groups excluding carboxylic acids is 1. The molecule has 0 radical (unpaired) electrons. The minimum Gasteiger partial charge on any atom is -0.497 e. The van der Waals surface area contributed by atoms with E-state index in [1.165, 1.54) is 0 Å². The highest BCUT2D eigenvalue weighted by Gasteiger charge is 2.34. The quantitative estimate of drug-likeness (QED) is 0.585. The van der Waals surface area contributed by atoms with Crippen molar-refractivity contribution in [3.63, 3.8) is 0 Å². The number of carbonyl (C=O) groups is 1. The van der Waals surface area contributed by atoms with Crippen LogP contribution >= 0.6 is 0 Å². The van der Waals surface area contributed by atoms with E-state index < -0.39 is 0 Å². The number of benzene rings is 1. The van der Waals surface area contributed by atoms with Crippen LogP contribution in [0.1, 0.15) is 58.7 Å². The number of rotatable bonds is 9. The normalized spacial score (nSPS) is 19.5. The highest BCUT2D eigenvalue weighted by Crippen LogP contribution is 2.30. The van der Waals surface area contributed by atoms with Crippen LogP contribution in [0.2, 0.25) is 0 Å². The van der Waals surface area contributed by atoms with E-state index in [9.17, 15) is 4.79 Å². The van der Waals surface area contributed by atoms with Gasteiger partial charge in [0.15, 0.2) is 5.69 Å². The fraction of sp³-hybridized carbons (Fsp3) is 0.560. The summed E-state index contributed by atoms with van der Waals surface area (Å²) in [7, 11) is 1.63. The molecule has 1 fully saturated rings. The van der Waals surface area contributed by atoms with Gasteiger partial charge < -0.3 is 19.5 Å². The lowest BCUT2D eigenvalue weighted by atomic mass is 10.00. The maximum absolute atomic E-state index is 12.3. The lowest BCUT2D eigenvalue weighted by molar-refractivity contribution is -0.129. The fourth-order valence-corrected chi connectivity index (χ4v) is 3.82. The Labute approximate surface area is 196 Å². The van der Waals surface area contributed by atoms with Gasteiger partial charge >= 0.3 is 0 Å². The molecule has 8 heteroatoms. The van der Waals surface area contributed by atoms with Crippen molar-refractivity contribution >= 4 is 5.91 Å². The Bertz CT molecular complexity index is 961. The van der Waals surface area contributed by atoms with Crippen LogP contribution in [0.3, 0.4) is 0 Å². The van der Waals surface area contributed by atoms with Crippen LogP contribution in [0.25, 0.3) is 0 Å². The minimum atomic E-state index is -0.152. The monoisotopic (exact) mass is 454 g/mol. The Morgan fingerprint density at radius 2 is 1.94 bits per heavy atom. The summed E-state index contributed by atoms with van der Waals surface area (Å²) in [4.78, 5) is 12.3. The molecule has 0 saturated carbocycles. The topological polar surface area (TPSA) is 87.5 Å². The third kappa shape index (κ3) is 7.22. The zero-order chi connectivity index (χ0) is 23.8. The number of ether oxygens (including phenoxy) is 3. The zero-order valence-corrected chi connectivity index (χ0v) is 20.1. The second-order valence-corrected chi connectivity index (χ2v) is 8.76. The van der Waals surface area contributed by atoms with E-state index in [1.807, 2.05) is 55.9 Å². The van der Waals surface area contributed by atoms with E-state index in [1.54, 1.807) is 7.11 Å². The van der Waals surface area contributed by atoms with Crippen molar-refractivity contribution in [1.29, 1.82) is 0 Å². The van der Waals surface area contributed by atoms with E-state index in [0.717, 1.165) is 30.8 Å². The van der Waals surface area contributed by atoms with Crippen LogP contribution in [0.4, 0.5) is 0 Å². The van der Waals surface area contributed by atoms with Gasteiger partial charge in [-0.3, -0.25) is 4.79 Å². The predicted molar refractivity (Wildman–Crippen MR) is 125 cm³/mol. The smallest absolute Gasteiger partial charge is 0.225 e. The van der Waals surface area contributed by atoms with Crippen LogP contribution in [0, 0.1) is 17.8 Å². The van der Waals surface area contributed by atoms with Crippen LogP contribution in [0.5, 0.6) is 11.5 Å². The lowest BCUT2D eigenvalue weighted by Gasteiger charge is -2.22. The molecule has 1 aromatic carbocycles. The largest absolute Gasteiger partial charge is 0.497 e. The van der Waals surface area contributed by atoms with Crippen LogP contribution < -0.4 is 14.8 Å². The number of hydrogen-bond acceptors (Lipinski definition) is 6. The zero-order valence-electron chi connectivity index (χ0n) is 20.1. The molecule has 0 spiro atoms. The van der Waals surface area contributed by atoms with Gasteiger partial charge in [0.25, 0.3) is 0 Å². The van der Waals surface area contributed by atoms with E-state index in [2.05, 4.69) is 34.4 Å². The summed E-state index contributed by atoms with van der Waals surface area (Å²) in [6, 6.07) is 7.61. The summed E-state index contributed by atoms with van der Waals surface area (Å²) in [5, 5.41) is 11.3. The summed E-state index contributed by atoms with van der Waals surface area (Å²) >= 11 is 0. The van der Waals surface area contributed by atoms with Crippen molar-refractivity contribution in [2.24, 2.45) is 5.92 Å². The molecule has 1 N–H and O–H groups in total. The number of hydrogen-bond donors (Lipinski definition) is 1. The molecule has 1 saturated heterocycles. The molecule has 178 valence electrons. The molecule has 3 rings (SSSR count).